The van der Waals surface area contributed by atoms with Crippen molar-refractivity contribution in [1.29, 1.82) is 0 Å². The van der Waals surface area contributed by atoms with Crippen molar-refractivity contribution in [2.45, 2.75) is 25.5 Å². The molecule has 3 heterocycles. The third kappa shape index (κ3) is 4.33. The largest absolute Gasteiger partial charge is 0.454 e. The van der Waals surface area contributed by atoms with Gasteiger partial charge in [-0.25, -0.2) is 4.98 Å². The van der Waals surface area contributed by atoms with Gasteiger partial charge in [-0.15, -0.1) is 0 Å². The van der Waals surface area contributed by atoms with Crippen molar-refractivity contribution in [1.82, 2.24) is 14.1 Å². The molecule has 0 N–H and O–H groups in total. The van der Waals surface area contributed by atoms with E-state index in [0.717, 1.165) is 17.1 Å². The number of aromatic nitrogens is 3. The Morgan fingerprint density at radius 1 is 1.11 bits per heavy atom. The first-order valence-electron chi connectivity index (χ1n) is 11.2. The monoisotopic (exact) mass is 491 g/mol. The molecule has 0 radical (unpaired) electrons. The molecule has 0 saturated carbocycles. The number of hydrogen-bond acceptors (Lipinski definition) is 7. The van der Waals surface area contributed by atoms with Gasteiger partial charge in [-0.05, 0) is 44.2 Å². The Hall–Kier alpha value is -3.56. The van der Waals surface area contributed by atoms with E-state index in [4.69, 9.17) is 14.2 Å². The smallest absolute Gasteiger partial charge is 0.262 e. The Kier molecular flexibility index (Phi) is 6.36. The zero-order valence-corrected chi connectivity index (χ0v) is 20.6. The minimum absolute atomic E-state index is 0.0317. The molecule has 0 fully saturated rings. The number of aryl methyl sites for hydroxylation is 1. The number of methoxy groups -OCH3 is 1. The number of fused-ring (bicyclic) bond motifs is 2. The van der Waals surface area contributed by atoms with Gasteiger partial charge in [-0.3, -0.25) is 14.2 Å². The summed E-state index contributed by atoms with van der Waals surface area (Å²) in [5.74, 6) is 1.53. The molecule has 0 amide bonds. The molecule has 0 unspecified atom stereocenters. The van der Waals surface area contributed by atoms with Gasteiger partial charge in [0.25, 0.3) is 5.56 Å². The van der Waals surface area contributed by atoms with Gasteiger partial charge in [0.2, 0.25) is 6.79 Å². The number of rotatable bonds is 8. The summed E-state index contributed by atoms with van der Waals surface area (Å²) in [4.78, 5) is 31.0. The number of thioether (sulfide) groups is 1. The highest BCUT2D eigenvalue weighted by atomic mass is 32.2. The standard InChI is InChI=1S/C26H25N3O5S/c1-16-12-20(17(2)29(16)18-8-9-23-24(13-18)34-15-33-23)22(30)14-35-26-27-21-7-5-4-6-19(21)25(31)28(26)10-11-32-3/h4-9,12-13H,10-11,14-15H2,1-3H3. The highest BCUT2D eigenvalue weighted by Crippen LogP contribution is 2.35. The van der Waals surface area contributed by atoms with Gasteiger partial charge >= 0.3 is 0 Å². The van der Waals surface area contributed by atoms with Crippen molar-refractivity contribution in [2.75, 3.05) is 26.3 Å². The molecule has 2 aromatic carbocycles. The third-order valence-electron chi connectivity index (χ3n) is 6.02. The van der Waals surface area contributed by atoms with Gasteiger partial charge in [0.15, 0.2) is 22.4 Å². The third-order valence-corrected chi connectivity index (χ3v) is 7.00. The molecule has 0 aliphatic carbocycles. The van der Waals surface area contributed by atoms with Gasteiger partial charge in [-0.2, -0.15) is 0 Å². The predicted molar refractivity (Wildman–Crippen MR) is 134 cm³/mol. The molecule has 8 nitrogen and oxygen atoms in total. The Morgan fingerprint density at radius 3 is 2.74 bits per heavy atom. The summed E-state index contributed by atoms with van der Waals surface area (Å²) < 4.78 is 19.7. The summed E-state index contributed by atoms with van der Waals surface area (Å²) in [5.41, 5.74) is 3.80. The quantitative estimate of drug-likeness (QED) is 0.208. The summed E-state index contributed by atoms with van der Waals surface area (Å²) in [6.45, 7) is 4.84. The zero-order valence-electron chi connectivity index (χ0n) is 19.7. The molecule has 180 valence electrons. The summed E-state index contributed by atoms with van der Waals surface area (Å²) in [6.07, 6.45) is 0. The number of hydrogen-bond donors (Lipinski definition) is 0. The van der Waals surface area contributed by atoms with E-state index >= 15 is 0 Å². The highest BCUT2D eigenvalue weighted by Gasteiger charge is 2.21. The van der Waals surface area contributed by atoms with E-state index in [0.29, 0.717) is 46.3 Å². The van der Waals surface area contributed by atoms with Crippen molar-refractivity contribution < 1.29 is 19.0 Å². The second-order valence-electron chi connectivity index (χ2n) is 8.23. The first-order valence-corrected chi connectivity index (χ1v) is 12.2. The lowest BCUT2D eigenvalue weighted by molar-refractivity contribution is 0.102. The normalized spacial score (nSPS) is 12.4. The topological polar surface area (TPSA) is 84.6 Å². The molecular formula is C26H25N3O5S. The van der Waals surface area contributed by atoms with E-state index in [1.807, 2.05) is 60.9 Å². The maximum Gasteiger partial charge on any atom is 0.262 e. The summed E-state index contributed by atoms with van der Waals surface area (Å²) >= 11 is 1.27. The minimum atomic E-state index is -0.136. The fourth-order valence-corrected chi connectivity index (χ4v) is 5.22. The van der Waals surface area contributed by atoms with Crippen molar-refractivity contribution >= 4 is 28.4 Å². The number of para-hydroxylation sites is 1. The first-order chi connectivity index (χ1) is 17.0. The zero-order chi connectivity index (χ0) is 24.5. The number of Topliss-reactive ketones (excluding diaryl/α,β-unsaturated/α-hetero) is 1. The lowest BCUT2D eigenvalue weighted by atomic mass is 10.2. The average molecular weight is 492 g/mol. The highest BCUT2D eigenvalue weighted by molar-refractivity contribution is 7.99. The van der Waals surface area contributed by atoms with E-state index in [2.05, 4.69) is 4.98 Å². The van der Waals surface area contributed by atoms with Crippen LogP contribution in [0.15, 0.2) is 58.5 Å². The van der Waals surface area contributed by atoms with Crippen LogP contribution in [0.4, 0.5) is 0 Å². The van der Waals surface area contributed by atoms with Crippen molar-refractivity contribution in [3.05, 3.63) is 75.8 Å². The number of nitrogens with zero attached hydrogens (tertiary/aromatic N) is 3. The Morgan fingerprint density at radius 2 is 1.91 bits per heavy atom. The first kappa shape index (κ1) is 23.2. The maximum atomic E-state index is 13.3. The van der Waals surface area contributed by atoms with Crippen LogP contribution in [0.1, 0.15) is 21.7 Å². The maximum absolute atomic E-state index is 13.3. The molecular weight excluding hydrogens is 466 g/mol. The molecule has 9 heteroatoms. The second kappa shape index (κ2) is 9.59. The predicted octanol–water partition coefficient (Wildman–Crippen LogP) is 4.15. The molecule has 0 saturated heterocycles. The molecule has 4 aromatic rings. The number of ketones is 1. The lowest BCUT2D eigenvalue weighted by Gasteiger charge is -2.13. The van der Waals surface area contributed by atoms with Crippen LogP contribution < -0.4 is 15.0 Å². The van der Waals surface area contributed by atoms with Crippen LogP contribution in [0.3, 0.4) is 0 Å². The van der Waals surface area contributed by atoms with Gasteiger partial charge in [0, 0.05) is 35.8 Å². The SMILES string of the molecule is COCCn1c(SCC(=O)c2cc(C)n(-c3ccc4c(c3)OCO4)c2C)nc2ccccc2c1=O. The summed E-state index contributed by atoms with van der Waals surface area (Å²) in [5, 5.41) is 1.05. The van der Waals surface area contributed by atoms with Crippen LogP contribution in [0.5, 0.6) is 11.5 Å². The van der Waals surface area contributed by atoms with Crippen LogP contribution in [0.25, 0.3) is 16.6 Å². The van der Waals surface area contributed by atoms with E-state index in [-0.39, 0.29) is 23.9 Å². The second-order valence-corrected chi connectivity index (χ2v) is 9.17. The van der Waals surface area contributed by atoms with Crippen molar-refractivity contribution in [2.24, 2.45) is 0 Å². The molecule has 35 heavy (non-hydrogen) atoms. The summed E-state index contributed by atoms with van der Waals surface area (Å²) in [7, 11) is 1.59. The van der Waals surface area contributed by atoms with E-state index in [1.165, 1.54) is 11.8 Å². The number of carbonyl (C=O) groups is 1. The molecule has 5 rings (SSSR count). The van der Waals surface area contributed by atoms with E-state index in [9.17, 15) is 9.59 Å². The summed E-state index contributed by atoms with van der Waals surface area (Å²) in [6, 6.07) is 14.9. The Labute approximate surface area is 206 Å². The van der Waals surface area contributed by atoms with Crippen LogP contribution in [-0.2, 0) is 11.3 Å². The number of ether oxygens (including phenoxy) is 3. The molecule has 0 atom stereocenters. The van der Waals surface area contributed by atoms with Crippen LogP contribution in [0.2, 0.25) is 0 Å². The lowest BCUT2D eigenvalue weighted by Crippen LogP contribution is -2.25. The molecule has 1 aliphatic heterocycles. The van der Waals surface area contributed by atoms with Gasteiger partial charge < -0.3 is 18.8 Å². The number of carbonyl (C=O) groups excluding carboxylic acids is 1. The molecule has 0 spiro atoms. The van der Waals surface area contributed by atoms with E-state index < -0.39 is 0 Å². The molecule has 0 bridgehead atoms. The van der Waals surface area contributed by atoms with Crippen LogP contribution in [0, 0.1) is 13.8 Å². The van der Waals surface area contributed by atoms with Crippen molar-refractivity contribution in [3.8, 4) is 17.2 Å². The van der Waals surface area contributed by atoms with Gasteiger partial charge in [-0.1, -0.05) is 23.9 Å². The van der Waals surface area contributed by atoms with Gasteiger partial charge in [0.05, 0.1) is 29.8 Å². The van der Waals surface area contributed by atoms with E-state index in [1.54, 1.807) is 17.7 Å². The van der Waals surface area contributed by atoms with Crippen LogP contribution >= 0.6 is 11.8 Å². The Balaban J connectivity index is 1.42. The average Bonchev–Trinajstić information content (AvgIpc) is 3.45. The minimum Gasteiger partial charge on any atom is -0.454 e. The van der Waals surface area contributed by atoms with Gasteiger partial charge in [0.1, 0.15) is 0 Å². The Bertz CT molecular complexity index is 1490. The molecule has 2 aromatic heterocycles. The fraction of sp³-hybridized carbons (Fsp3) is 0.269. The molecule has 1 aliphatic rings. The number of benzene rings is 2. The van der Waals surface area contributed by atoms with Crippen LogP contribution in [-0.4, -0.2) is 46.2 Å². The van der Waals surface area contributed by atoms with Crippen molar-refractivity contribution in [3.63, 3.8) is 0 Å². The fourth-order valence-electron chi connectivity index (χ4n) is 4.31.